The highest BCUT2D eigenvalue weighted by molar-refractivity contribution is 7.91. The van der Waals surface area contributed by atoms with Crippen molar-refractivity contribution in [3.8, 4) is 0 Å². The van der Waals surface area contributed by atoms with Gasteiger partial charge in [0, 0.05) is 19.0 Å². The zero-order valence-electron chi connectivity index (χ0n) is 16.3. The summed E-state index contributed by atoms with van der Waals surface area (Å²) in [4.78, 5) is 21.9. The largest absolute Gasteiger partial charge is 0.302 e. The third-order valence-electron chi connectivity index (χ3n) is 5.22. The second kappa shape index (κ2) is 8.05. The lowest BCUT2D eigenvalue weighted by Gasteiger charge is -2.29. The Morgan fingerprint density at radius 2 is 1.74 bits per heavy atom. The molecule has 0 radical (unpaired) electrons. The van der Waals surface area contributed by atoms with Gasteiger partial charge in [-0.2, -0.15) is 4.31 Å². The Kier molecular flexibility index (Phi) is 5.51. The molecule has 5 rings (SSSR count). The molecule has 0 bridgehead atoms. The van der Waals surface area contributed by atoms with Gasteiger partial charge in [0.2, 0.25) is 5.91 Å². The average Bonchev–Trinajstić information content (AvgIpc) is 3.45. The molecule has 162 valence electrons. The minimum atomic E-state index is -3.56. The van der Waals surface area contributed by atoms with E-state index in [1.54, 1.807) is 17.4 Å². The van der Waals surface area contributed by atoms with Crippen LogP contribution in [0.5, 0.6) is 0 Å². The number of halogens is 1. The number of thiazole rings is 2. The van der Waals surface area contributed by atoms with Crippen molar-refractivity contribution in [3.05, 3.63) is 33.6 Å². The molecule has 12 heteroatoms. The van der Waals surface area contributed by atoms with Crippen molar-refractivity contribution in [1.82, 2.24) is 14.3 Å². The highest BCUT2D eigenvalue weighted by Crippen LogP contribution is 2.36. The number of nitrogens with zero attached hydrogens (tertiary/aromatic N) is 3. The topological polar surface area (TPSA) is 92.3 Å². The smallest absolute Gasteiger partial charge is 0.252 e. The molecule has 4 heterocycles. The maximum absolute atomic E-state index is 12.8. The Bertz CT molecular complexity index is 1400. The van der Waals surface area contributed by atoms with Crippen LogP contribution in [0.1, 0.15) is 17.8 Å². The van der Waals surface area contributed by atoms with Gasteiger partial charge in [-0.1, -0.05) is 22.9 Å². The van der Waals surface area contributed by atoms with Gasteiger partial charge in [0.15, 0.2) is 5.13 Å². The van der Waals surface area contributed by atoms with Gasteiger partial charge in [-0.25, -0.2) is 18.4 Å². The van der Waals surface area contributed by atoms with Crippen molar-refractivity contribution in [1.29, 1.82) is 0 Å². The van der Waals surface area contributed by atoms with E-state index in [4.69, 9.17) is 11.6 Å². The van der Waals surface area contributed by atoms with Gasteiger partial charge in [-0.15, -0.1) is 22.7 Å². The Labute approximate surface area is 195 Å². The zero-order chi connectivity index (χ0) is 21.8. The summed E-state index contributed by atoms with van der Waals surface area (Å²) in [6, 6.07) is 6.97. The summed E-state index contributed by atoms with van der Waals surface area (Å²) >= 11 is 10.00. The molecule has 31 heavy (non-hydrogen) atoms. The van der Waals surface area contributed by atoms with E-state index in [0.29, 0.717) is 35.4 Å². The molecule has 4 aromatic rings. The minimum absolute atomic E-state index is 0.119. The van der Waals surface area contributed by atoms with E-state index in [1.807, 2.05) is 19.1 Å². The number of fused-ring (bicyclic) bond motifs is 3. The number of aryl methyl sites for hydroxylation is 1. The molecule has 0 saturated carbocycles. The van der Waals surface area contributed by atoms with E-state index in [0.717, 1.165) is 36.8 Å². The van der Waals surface area contributed by atoms with Gasteiger partial charge in [0.05, 0.1) is 29.8 Å². The SMILES string of the molecule is Cc1nc2ccc3nc(NC(=O)C4CCN(S(=O)(=O)c5ccc(Cl)s5)CC4)sc3c2s1. The van der Waals surface area contributed by atoms with Crippen LogP contribution in [-0.4, -0.2) is 41.7 Å². The van der Waals surface area contributed by atoms with Gasteiger partial charge in [0.1, 0.15) is 4.21 Å². The summed E-state index contributed by atoms with van der Waals surface area (Å²) in [6.07, 6.45) is 0.931. The van der Waals surface area contributed by atoms with Gasteiger partial charge in [-0.3, -0.25) is 4.79 Å². The number of carbonyl (C=O) groups is 1. The lowest BCUT2D eigenvalue weighted by atomic mass is 9.97. The number of piperidine rings is 1. The van der Waals surface area contributed by atoms with Crippen LogP contribution in [0, 0.1) is 12.8 Å². The van der Waals surface area contributed by atoms with Crippen molar-refractivity contribution in [2.75, 3.05) is 18.4 Å². The van der Waals surface area contributed by atoms with E-state index in [1.165, 1.54) is 21.7 Å². The maximum atomic E-state index is 12.8. The second-order valence-corrected chi connectivity index (χ2v) is 13.3. The van der Waals surface area contributed by atoms with Crippen LogP contribution >= 0.6 is 45.6 Å². The summed E-state index contributed by atoms with van der Waals surface area (Å²) in [5.74, 6) is -0.372. The van der Waals surface area contributed by atoms with Gasteiger partial charge >= 0.3 is 0 Å². The Morgan fingerprint density at radius 3 is 2.42 bits per heavy atom. The number of hydrogen-bond donors (Lipinski definition) is 1. The fourth-order valence-corrected chi connectivity index (χ4v) is 8.78. The third-order valence-corrected chi connectivity index (χ3v) is 11.0. The molecular formula is C19H17ClN4O3S4. The quantitative estimate of drug-likeness (QED) is 0.417. The van der Waals surface area contributed by atoms with Crippen molar-refractivity contribution >= 4 is 87.1 Å². The standard InChI is InChI=1S/C19H17ClN4O3S4/c1-10-21-12-2-3-13-17(16(12)28-10)30-19(22-13)23-18(25)11-6-8-24(9-7-11)31(26,27)15-5-4-14(20)29-15/h2-5,11H,6-9H2,1H3,(H,22,23,25). The van der Waals surface area contributed by atoms with Crippen LogP contribution in [0.2, 0.25) is 4.34 Å². The summed E-state index contributed by atoms with van der Waals surface area (Å²) in [7, 11) is -3.56. The molecule has 1 N–H and O–H groups in total. The first-order valence-corrected chi connectivity index (χ1v) is 13.8. The van der Waals surface area contributed by atoms with E-state index in [2.05, 4.69) is 15.3 Å². The van der Waals surface area contributed by atoms with Crippen molar-refractivity contribution in [3.63, 3.8) is 0 Å². The number of aromatic nitrogens is 2. The number of hydrogen-bond acceptors (Lipinski definition) is 8. The van der Waals surface area contributed by atoms with Crippen LogP contribution < -0.4 is 5.32 Å². The molecule has 3 aromatic heterocycles. The molecule has 0 unspecified atom stereocenters. The van der Waals surface area contributed by atoms with E-state index in [9.17, 15) is 13.2 Å². The average molecular weight is 513 g/mol. The molecule has 1 aliphatic rings. The van der Waals surface area contributed by atoms with Crippen LogP contribution in [0.4, 0.5) is 5.13 Å². The second-order valence-electron chi connectivity index (χ2n) is 7.24. The number of rotatable bonds is 4. The summed E-state index contributed by atoms with van der Waals surface area (Å²) in [5.41, 5.74) is 1.78. The van der Waals surface area contributed by atoms with Crippen LogP contribution in [0.3, 0.4) is 0 Å². The number of anilines is 1. The lowest BCUT2D eigenvalue weighted by molar-refractivity contribution is -0.120. The monoisotopic (exact) mass is 512 g/mol. The molecule has 0 aliphatic carbocycles. The van der Waals surface area contributed by atoms with E-state index in [-0.39, 0.29) is 16.0 Å². The van der Waals surface area contributed by atoms with E-state index >= 15 is 0 Å². The zero-order valence-corrected chi connectivity index (χ0v) is 20.3. The Balaban J connectivity index is 1.27. The van der Waals surface area contributed by atoms with Crippen LogP contribution in [-0.2, 0) is 14.8 Å². The van der Waals surface area contributed by atoms with Crippen molar-refractivity contribution < 1.29 is 13.2 Å². The van der Waals surface area contributed by atoms with E-state index < -0.39 is 10.0 Å². The molecule has 7 nitrogen and oxygen atoms in total. The number of carbonyl (C=O) groups excluding carboxylic acids is 1. The first-order valence-electron chi connectivity index (χ1n) is 9.54. The predicted octanol–water partition coefficient (Wildman–Crippen LogP) is 4.97. The van der Waals surface area contributed by atoms with Gasteiger partial charge in [-0.05, 0) is 44.0 Å². The Morgan fingerprint density at radius 1 is 1.06 bits per heavy atom. The highest BCUT2D eigenvalue weighted by atomic mass is 35.5. The number of benzene rings is 1. The molecule has 0 atom stereocenters. The maximum Gasteiger partial charge on any atom is 0.252 e. The lowest BCUT2D eigenvalue weighted by Crippen LogP contribution is -2.41. The number of sulfonamides is 1. The molecule has 1 fully saturated rings. The molecular weight excluding hydrogens is 496 g/mol. The van der Waals surface area contributed by atoms with Crippen molar-refractivity contribution in [2.24, 2.45) is 5.92 Å². The molecule has 0 spiro atoms. The number of amides is 1. The minimum Gasteiger partial charge on any atom is -0.302 e. The molecule has 1 saturated heterocycles. The first kappa shape index (κ1) is 21.2. The predicted molar refractivity (Wildman–Crippen MR) is 127 cm³/mol. The van der Waals surface area contributed by atoms with Crippen LogP contribution in [0.15, 0.2) is 28.5 Å². The normalized spacial score (nSPS) is 16.3. The number of thiophene rings is 1. The molecule has 1 aliphatic heterocycles. The first-order chi connectivity index (χ1) is 14.8. The molecule has 1 amide bonds. The van der Waals surface area contributed by atoms with Crippen molar-refractivity contribution in [2.45, 2.75) is 24.0 Å². The van der Waals surface area contributed by atoms with Gasteiger partial charge < -0.3 is 5.32 Å². The fourth-order valence-electron chi connectivity index (χ4n) is 3.67. The van der Waals surface area contributed by atoms with Gasteiger partial charge in [0.25, 0.3) is 10.0 Å². The highest BCUT2D eigenvalue weighted by Gasteiger charge is 2.33. The van der Waals surface area contributed by atoms with Crippen LogP contribution in [0.25, 0.3) is 20.4 Å². The fraction of sp³-hybridized carbons (Fsp3) is 0.316. The summed E-state index contributed by atoms with van der Waals surface area (Å²) in [5, 5.41) is 4.48. The summed E-state index contributed by atoms with van der Waals surface area (Å²) < 4.78 is 29.7. The molecule has 1 aromatic carbocycles. The summed E-state index contributed by atoms with van der Waals surface area (Å²) in [6.45, 7) is 2.58. The third kappa shape index (κ3) is 3.98. The number of nitrogens with one attached hydrogen (secondary N) is 1. The Hall–Kier alpha value is -1.63.